The fourth-order valence-electron chi connectivity index (χ4n) is 2.83. The maximum atomic E-state index is 6.15. The lowest BCUT2D eigenvalue weighted by Crippen LogP contribution is -2.34. The van der Waals surface area contributed by atoms with Gasteiger partial charge in [0.15, 0.2) is 5.60 Å². The molecule has 0 saturated heterocycles. The highest BCUT2D eigenvalue weighted by molar-refractivity contribution is 5.47. The fourth-order valence-corrected chi connectivity index (χ4v) is 2.83. The standard InChI is InChI=1S/C22H22O2/c1-18(2)23-24-22(19-12-6-3-7-13-19,20-14-8-4-9-15-20)21-16-10-5-11-17-21/h3-18H,1-2H3. The average molecular weight is 318 g/mol. The minimum Gasteiger partial charge on any atom is -0.232 e. The van der Waals surface area contributed by atoms with Crippen molar-refractivity contribution in [3.05, 3.63) is 108 Å². The molecule has 0 N–H and O–H groups in total. The van der Waals surface area contributed by atoms with Crippen LogP contribution in [0.5, 0.6) is 0 Å². The summed E-state index contributed by atoms with van der Waals surface area (Å²) >= 11 is 0. The molecule has 3 aromatic carbocycles. The first kappa shape index (κ1) is 16.4. The Labute approximate surface area is 143 Å². The Morgan fingerprint density at radius 1 is 0.583 bits per heavy atom. The fraction of sp³-hybridized carbons (Fsp3) is 0.182. The molecule has 0 heterocycles. The molecule has 0 bridgehead atoms. The molecule has 24 heavy (non-hydrogen) atoms. The second-order valence-corrected chi connectivity index (χ2v) is 6.01. The van der Waals surface area contributed by atoms with E-state index < -0.39 is 5.60 Å². The van der Waals surface area contributed by atoms with Gasteiger partial charge in [-0.1, -0.05) is 91.0 Å². The number of hydrogen-bond donors (Lipinski definition) is 0. The highest BCUT2D eigenvalue weighted by atomic mass is 17.2. The van der Waals surface area contributed by atoms with E-state index in [1.165, 1.54) is 0 Å². The van der Waals surface area contributed by atoms with Crippen LogP contribution in [0.1, 0.15) is 30.5 Å². The lowest BCUT2D eigenvalue weighted by molar-refractivity contribution is -0.363. The van der Waals surface area contributed by atoms with Crippen molar-refractivity contribution in [2.45, 2.75) is 25.6 Å². The van der Waals surface area contributed by atoms with Crippen molar-refractivity contribution in [1.29, 1.82) is 0 Å². The van der Waals surface area contributed by atoms with Gasteiger partial charge in [-0.3, -0.25) is 0 Å². The summed E-state index contributed by atoms with van der Waals surface area (Å²) in [6.07, 6.45) is -0.0412. The Balaban J connectivity index is 2.24. The molecule has 3 rings (SSSR count). The smallest absolute Gasteiger partial charge is 0.178 e. The van der Waals surface area contributed by atoms with Crippen LogP contribution in [0.4, 0.5) is 0 Å². The quantitative estimate of drug-likeness (QED) is 0.347. The second kappa shape index (κ2) is 7.43. The molecular formula is C22H22O2. The molecule has 0 aliphatic carbocycles. The van der Waals surface area contributed by atoms with E-state index in [-0.39, 0.29) is 6.10 Å². The van der Waals surface area contributed by atoms with Crippen molar-refractivity contribution in [2.24, 2.45) is 0 Å². The molecule has 0 amide bonds. The first-order valence-corrected chi connectivity index (χ1v) is 8.24. The number of rotatable bonds is 6. The first-order valence-electron chi connectivity index (χ1n) is 8.24. The van der Waals surface area contributed by atoms with Gasteiger partial charge in [0.05, 0.1) is 6.10 Å². The predicted molar refractivity (Wildman–Crippen MR) is 96.5 cm³/mol. The van der Waals surface area contributed by atoms with E-state index in [9.17, 15) is 0 Å². The van der Waals surface area contributed by atoms with Crippen molar-refractivity contribution in [3.8, 4) is 0 Å². The molecule has 2 nitrogen and oxygen atoms in total. The van der Waals surface area contributed by atoms with Crippen LogP contribution in [-0.2, 0) is 15.4 Å². The SMILES string of the molecule is CC(C)OOC(c1ccccc1)(c1ccccc1)c1ccccc1. The summed E-state index contributed by atoms with van der Waals surface area (Å²) in [6, 6.07) is 30.6. The van der Waals surface area contributed by atoms with Crippen LogP contribution in [0.25, 0.3) is 0 Å². The summed E-state index contributed by atoms with van der Waals surface area (Å²) in [4.78, 5) is 11.8. The van der Waals surface area contributed by atoms with E-state index in [2.05, 4.69) is 36.4 Å². The second-order valence-electron chi connectivity index (χ2n) is 6.01. The van der Waals surface area contributed by atoms with Gasteiger partial charge in [0.25, 0.3) is 0 Å². The molecule has 0 aliphatic rings. The molecule has 0 unspecified atom stereocenters. The van der Waals surface area contributed by atoms with Crippen molar-refractivity contribution in [3.63, 3.8) is 0 Å². The van der Waals surface area contributed by atoms with Crippen molar-refractivity contribution < 1.29 is 9.78 Å². The van der Waals surface area contributed by atoms with E-state index in [0.29, 0.717) is 0 Å². The third kappa shape index (κ3) is 3.25. The Bertz CT molecular complexity index is 640. The average Bonchev–Trinajstić information content (AvgIpc) is 2.65. The van der Waals surface area contributed by atoms with Crippen LogP contribution in [0.2, 0.25) is 0 Å². The molecule has 0 aliphatic heterocycles. The summed E-state index contributed by atoms with van der Waals surface area (Å²) in [5.41, 5.74) is 2.28. The molecule has 3 aromatic rings. The van der Waals surface area contributed by atoms with Crippen LogP contribution in [0.3, 0.4) is 0 Å². The predicted octanol–water partition coefficient (Wildman–Crippen LogP) is 5.34. The normalized spacial score (nSPS) is 11.6. The number of benzene rings is 3. The lowest BCUT2D eigenvalue weighted by Gasteiger charge is -2.34. The monoisotopic (exact) mass is 318 g/mol. The van der Waals surface area contributed by atoms with Crippen LogP contribution in [-0.4, -0.2) is 6.10 Å². The van der Waals surface area contributed by atoms with E-state index in [1.807, 2.05) is 68.4 Å². The highest BCUT2D eigenvalue weighted by Crippen LogP contribution is 2.40. The van der Waals surface area contributed by atoms with Crippen molar-refractivity contribution in [1.82, 2.24) is 0 Å². The van der Waals surface area contributed by atoms with E-state index in [4.69, 9.17) is 9.78 Å². The third-order valence-corrected chi connectivity index (χ3v) is 3.91. The van der Waals surface area contributed by atoms with Gasteiger partial charge in [-0.05, 0) is 30.5 Å². The molecule has 2 heteroatoms. The van der Waals surface area contributed by atoms with Gasteiger partial charge in [-0.15, -0.1) is 0 Å². The van der Waals surface area contributed by atoms with E-state index >= 15 is 0 Å². The van der Waals surface area contributed by atoms with E-state index in [1.54, 1.807) is 0 Å². The summed E-state index contributed by atoms with van der Waals surface area (Å²) in [7, 11) is 0. The zero-order valence-electron chi connectivity index (χ0n) is 14.1. The first-order chi connectivity index (χ1) is 11.7. The largest absolute Gasteiger partial charge is 0.232 e. The van der Waals surface area contributed by atoms with Gasteiger partial charge in [0.1, 0.15) is 0 Å². The molecule has 0 fully saturated rings. The highest BCUT2D eigenvalue weighted by Gasteiger charge is 2.39. The zero-order valence-corrected chi connectivity index (χ0v) is 14.1. The minimum absolute atomic E-state index is 0.0412. The van der Waals surface area contributed by atoms with Crippen LogP contribution >= 0.6 is 0 Å². The van der Waals surface area contributed by atoms with Crippen LogP contribution in [0, 0.1) is 0 Å². The summed E-state index contributed by atoms with van der Waals surface area (Å²) in [5, 5.41) is 0. The van der Waals surface area contributed by atoms with Gasteiger partial charge >= 0.3 is 0 Å². The van der Waals surface area contributed by atoms with Gasteiger partial charge in [-0.2, -0.15) is 0 Å². The molecule has 0 radical (unpaired) electrons. The zero-order chi connectivity index (χ0) is 16.8. The maximum absolute atomic E-state index is 6.15. The lowest BCUT2D eigenvalue weighted by atomic mass is 9.80. The molecule has 0 atom stereocenters. The topological polar surface area (TPSA) is 18.5 Å². The van der Waals surface area contributed by atoms with Crippen LogP contribution < -0.4 is 0 Å². The van der Waals surface area contributed by atoms with Crippen LogP contribution in [0.15, 0.2) is 91.0 Å². The summed E-state index contributed by atoms with van der Waals surface area (Å²) < 4.78 is 0. The van der Waals surface area contributed by atoms with Gasteiger partial charge in [0, 0.05) is 0 Å². The Morgan fingerprint density at radius 2 is 0.917 bits per heavy atom. The molecule has 0 saturated carbocycles. The maximum Gasteiger partial charge on any atom is 0.178 e. The molecule has 0 aromatic heterocycles. The molecule has 0 spiro atoms. The summed E-state index contributed by atoms with van der Waals surface area (Å²) in [5.74, 6) is 0. The summed E-state index contributed by atoms with van der Waals surface area (Å²) in [6.45, 7) is 3.93. The Hall–Kier alpha value is -2.42. The van der Waals surface area contributed by atoms with Gasteiger partial charge in [0.2, 0.25) is 0 Å². The molecule has 122 valence electrons. The van der Waals surface area contributed by atoms with Gasteiger partial charge < -0.3 is 0 Å². The van der Waals surface area contributed by atoms with Crippen molar-refractivity contribution in [2.75, 3.05) is 0 Å². The minimum atomic E-state index is -0.811. The van der Waals surface area contributed by atoms with Crippen molar-refractivity contribution >= 4 is 0 Å². The van der Waals surface area contributed by atoms with Gasteiger partial charge in [-0.25, -0.2) is 9.78 Å². The Morgan fingerprint density at radius 3 is 1.21 bits per heavy atom. The Kier molecular flexibility index (Phi) is 5.09. The van der Waals surface area contributed by atoms with E-state index in [0.717, 1.165) is 16.7 Å². The number of hydrogen-bond acceptors (Lipinski definition) is 2. The third-order valence-electron chi connectivity index (χ3n) is 3.91. The molecular weight excluding hydrogens is 296 g/mol.